The average molecular weight is 481 g/mol. The molecule has 2 N–H and O–H groups in total. The van der Waals surface area contributed by atoms with Gasteiger partial charge in [-0.3, -0.25) is 9.59 Å². The average Bonchev–Trinajstić information content (AvgIpc) is 2.81. The van der Waals surface area contributed by atoms with E-state index in [4.69, 9.17) is 9.47 Å². The number of carbonyl (C=O) groups is 3. The Hall–Kier alpha value is -4.09. The molecule has 12 heteroatoms. The molecule has 2 aromatic carbocycles. The summed E-state index contributed by atoms with van der Waals surface area (Å²) >= 11 is 0. The Bertz CT molecular complexity index is 1060. The summed E-state index contributed by atoms with van der Waals surface area (Å²) in [5.41, 5.74) is 1.88. The Morgan fingerprint density at radius 1 is 1.00 bits per heavy atom. The first kappa shape index (κ1) is 26.2. The van der Waals surface area contributed by atoms with Gasteiger partial charge in [0.15, 0.2) is 18.1 Å². The molecule has 0 heterocycles. The highest BCUT2D eigenvalue weighted by Gasteiger charge is 2.30. The van der Waals surface area contributed by atoms with E-state index in [2.05, 4.69) is 20.6 Å². The Morgan fingerprint density at radius 2 is 1.74 bits per heavy atom. The highest BCUT2D eigenvalue weighted by atomic mass is 19.4. The van der Waals surface area contributed by atoms with Crippen molar-refractivity contribution in [2.24, 2.45) is 5.10 Å². The quantitative estimate of drug-likeness (QED) is 0.306. The molecule has 0 aromatic heterocycles. The van der Waals surface area contributed by atoms with Crippen LogP contribution in [0.25, 0.3) is 0 Å². The van der Waals surface area contributed by atoms with Gasteiger partial charge in [-0.15, -0.1) is 0 Å². The lowest BCUT2D eigenvalue weighted by molar-refractivity contribution is -0.143. The van der Waals surface area contributed by atoms with Gasteiger partial charge in [0.2, 0.25) is 11.8 Å². The predicted molar refractivity (Wildman–Crippen MR) is 116 cm³/mol. The zero-order valence-electron chi connectivity index (χ0n) is 18.3. The van der Waals surface area contributed by atoms with E-state index in [1.54, 1.807) is 18.2 Å². The number of anilines is 1. The predicted octanol–water partition coefficient (Wildman–Crippen LogP) is 3.13. The fourth-order valence-electron chi connectivity index (χ4n) is 2.54. The molecule has 182 valence electrons. The van der Waals surface area contributed by atoms with Crippen LogP contribution < -0.4 is 20.2 Å². The molecular formula is C22H22F3N3O6. The van der Waals surface area contributed by atoms with Gasteiger partial charge in [0.1, 0.15) is 0 Å². The van der Waals surface area contributed by atoms with Crippen LogP contribution in [0.3, 0.4) is 0 Å². The molecular weight excluding hydrogens is 459 g/mol. The van der Waals surface area contributed by atoms with Crippen molar-refractivity contribution < 1.29 is 41.8 Å². The number of nitrogens with zero attached hydrogens (tertiary/aromatic N) is 1. The summed E-state index contributed by atoms with van der Waals surface area (Å²) in [7, 11) is 2.65. The Balaban J connectivity index is 1.83. The first-order valence-corrected chi connectivity index (χ1v) is 9.79. The maximum atomic E-state index is 12.7. The molecule has 0 unspecified atom stereocenters. The van der Waals surface area contributed by atoms with Gasteiger partial charge in [0.25, 0.3) is 0 Å². The molecule has 34 heavy (non-hydrogen) atoms. The zero-order valence-corrected chi connectivity index (χ0v) is 18.3. The van der Waals surface area contributed by atoms with E-state index in [0.29, 0.717) is 17.1 Å². The van der Waals surface area contributed by atoms with Crippen molar-refractivity contribution >= 4 is 29.7 Å². The zero-order chi connectivity index (χ0) is 25.1. The van der Waals surface area contributed by atoms with E-state index >= 15 is 0 Å². The van der Waals surface area contributed by atoms with Gasteiger partial charge < -0.3 is 19.5 Å². The number of esters is 1. The molecule has 0 saturated carbocycles. The van der Waals surface area contributed by atoms with Crippen molar-refractivity contribution in [1.29, 1.82) is 0 Å². The van der Waals surface area contributed by atoms with Crippen molar-refractivity contribution in [1.82, 2.24) is 5.43 Å². The molecule has 2 aromatic rings. The minimum Gasteiger partial charge on any atom is -0.493 e. The molecule has 0 bridgehead atoms. The number of nitrogens with one attached hydrogen (secondary N) is 2. The monoisotopic (exact) mass is 481 g/mol. The second-order valence-corrected chi connectivity index (χ2v) is 6.70. The minimum atomic E-state index is -4.53. The fourth-order valence-corrected chi connectivity index (χ4v) is 2.54. The van der Waals surface area contributed by atoms with Crippen LogP contribution in [0.1, 0.15) is 24.0 Å². The van der Waals surface area contributed by atoms with Crippen molar-refractivity contribution in [2.45, 2.75) is 19.0 Å². The topological polar surface area (TPSA) is 115 Å². The summed E-state index contributed by atoms with van der Waals surface area (Å²) in [6.45, 7) is -0.294. The summed E-state index contributed by atoms with van der Waals surface area (Å²) in [6.07, 6.45) is -3.68. The normalized spacial score (nSPS) is 11.1. The fraction of sp³-hybridized carbons (Fsp3) is 0.273. The van der Waals surface area contributed by atoms with E-state index in [1.165, 1.54) is 32.6 Å². The summed E-state index contributed by atoms with van der Waals surface area (Å²) < 4.78 is 53.2. The third-order valence-corrected chi connectivity index (χ3v) is 4.22. The lowest BCUT2D eigenvalue weighted by Gasteiger charge is -2.10. The Labute approximate surface area is 192 Å². The highest BCUT2D eigenvalue weighted by Crippen LogP contribution is 2.30. The molecule has 2 amide bonds. The van der Waals surface area contributed by atoms with Gasteiger partial charge in [-0.1, -0.05) is 6.07 Å². The number of hydrogen-bond acceptors (Lipinski definition) is 7. The number of amides is 2. The summed E-state index contributed by atoms with van der Waals surface area (Å²) in [6, 6.07) is 8.90. The Morgan fingerprint density at radius 3 is 2.41 bits per heavy atom. The van der Waals surface area contributed by atoms with Crippen LogP contribution in [-0.2, 0) is 25.3 Å². The Kier molecular flexibility index (Phi) is 9.41. The van der Waals surface area contributed by atoms with Gasteiger partial charge in [-0.25, -0.2) is 10.2 Å². The van der Waals surface area contributed by atoms with Crippen LogP contribution in [0.2, 0.25) is 0 Å². The smallest absolute Gasteiger partial charge is 0.416 e. The van der Waals surface area contributed by atoms with Crippen LogP contribution in [-0.4, -0.2) is 44.8 Å². The maximum Gasteiger partial charge on any atom is 0.416 e. The molecule has 0 atom stereocenters. The molecule has 0 aliphatic rings. The van der Waals surface area contributed by atoms with Gasteiger partial charge >= 0.3 is 12.1 Å². The number of rotatable bonds is 10. The highest BCUT2D eigenvalue weighted by molar-refractivity contribution is 5.93. The summed E-state index contributed by atoms with van der Waals surface area (Å²) in [5, 5.41) is 6.10. The SMILES string of the molecule is COC(=O)COc1ccc(C=NNC(=O)CCC(=O)Nc2cccc(C(F)(F)F)c2)cc1OC. The number of hydrogen-bond donors (Lipinski definition) is 2. The van der Waals surface area contributed by atoms with Crippen LogP contribution in [0, 0.1) is 0 Å². The first-order chi connectivity index (χ1) is 16.1. The van der Waals surface area contributed by atoms with Crippen molar-refractivity contribution in [2.75, 3.05) is 26.1 Å². The second-order valence-electron chi connectivity index (χ2n) is 6.70. The lowest BCUT2D eigenvalue weighted by atomic mass is 10.2. The minimum absolute atomic E-state index is 0.0220. The van der Waals surface area contributed by atoms with Gasteiger partial charge in [-0.05, 0) is 42.0 Å². The molecule has 0 spiro atoms. The summed E-state index contributed by atoms with van der Waals surface area (Å²) in [5.74, 6) is -1.11. The molecule has 0 fully saturated rings. The number of ether oxygens (including phenoxy) is 3. The maximum absolute atomic E-state index is 12.7. The largest absolute Gasteiger partial charge is 0.493 e. The van der Waals surface area contributed by atoms with E-state index in [1.807, 2.05) is 0 Å². The number of methoxy groups -OCH3 is 2. The van der Waals surface area contributed by atoms with Crippen molar-refractivity contribution in [3.05, 3.63) is 53.6 Å². The van der Waals surface area contributed by atoms with Gasteiger partial charge in [0, 0.05) is 18.5 Å². The number of benzene rings is 2. The van der Waals surface area contributed by atoms with E-state index < -0.39 is 29.5 Å². The molecule has 0 aliphatic heterocycles. The number of carbonyl (C=O) groups excluding carboxylic acids is 3. The molecule has 2 rings (SSSR count). The number of hydrazone groups is 1. The molecule has 0 aliphatic carbocycles. The first-order valence-electron chi connectivity index (χ1n) is 9.79. The van der Waals surface area contributed by atoms with Crippen LogP contribution >= 0.6 is 0 Å². The third kappa shape index (κ3) is 8.45. The second kappa shape index (κ2) is 12.2. The van der Waals surface area contributed by atoms with Crippen LogP contribution in [0.15, 0.2) is 47.6 Å². The van der Waals surface area contributed by atoms with Gasteiger partial charge in [0.05, 0.1) is 26.0 Å². The number of halogens is 3. The standard InChI is InChI=1S/C22H22F3N3O6/c1-32-18-10-14(6-7-17(18)34-13-21(31)33-2)12-26-28-20(30)9-8-19(29)27-16-5-3-4-15(11-16)22(23,24)25/h3-7,10-12H,8-9,13H2,1-2H3,(H,27,29)(H,28,30). The van der Waals surface area contributed by atoms with Crippen LogP contribution in [0.5, 0.6) is 11.5 Å². The van der Waals surface area contributed by atoms with Gasteiger partial charge in [-0.2, -0.15) is 18.3 Å². The molecule has 9 nitrogen and oxygen atoms in total. The van der Waals surface area contributed by atoms with Crippen molar-refractivity contribution in [3.8, 4) is 11.5 Å². The lowest BCUT2D eigenvalue weighted by Crippen LogP contribution is -2.20. The van der Waals surface area contributed by atoms with E-state index in [9.17, 15) is 27.6 Å². The summed E-state index contributed by atoms with van der Waals surface area (Å²) in [4.78, 5) is 35.0. The van der Waals surface area contributed by atoms with Crippen LogP contribution in [0.4, 0.5) is 18.9 Å². The number of alkyl halides is 3. The van der Waals surface area contributed by atoms with E-state index in [-0.39, 0.29) is 25.1 Å². The molecule has 0 saturated heterocycles. The third-order valence-electron chi connectivity index (χ3n) is 4.22. The molecule has 0 radical (unpaired) electrons. The van der Waals surface area contributed by atoms with Crippen molar-refractivity contribution in [3.63, 3.8) is 0 Å². The van der Waals surface area contributed by atoms with E-state index in [0.717, 1.165) is 12.1 Å².